The van der Waals surface area contributed by atoms with Crippen LogP contribution in [-0.4, -0.2) is 44.0 Å². The minimum absolute atomic E-state index is 0.0311. The molecule has 2 aliphatic rings. The number of hydrogen-bond donors (Lipinski definition) is 0. The third kappa shape index (κ3) is 3.65. The Morgan fingerprint density at radius 2 is 2.06 bits per heavy atom. The Balaban J connectivity index is 1.61. The Hall–Kier alpha value is -3.00. The van der Waals surface area contributed by atoms with Crippen LogP contribution in [0.1, 0.15) is 49.0 Å². The van der Waals surface area contributed by atoms with Crippen LogP contribution in [0.3, 0.4) is 0 Å². The fraction of sp³-hybridized carbons (Fsp3) is 0.478. The third-order valence-electron chi connectivity index (χ3n) is 6.32. The highest BCUT2D eigenvalue weighted by molar-refractivity contribution is 5.91. The lowest BCUT2D eigenvalue weighted by molar-refractivity contribution is 0.0364. The van der Waals surface area contributed by atoms with E-state index in [1.54, 1.807) is 16.3 Å². The average molecular weight is 421 g/mol. The molecule has 1 saturated heterocycles. The van der Waals surface area contributed by atoms with Crippen LogP contribution in [0.15, 0.2) is 29.2 Å². The van der Waals surface area contributed by atoms with Gasteiger partial charge < -0.3 is 9.64 Å². The lowest BCUT2D eigenvalue weighted by atomic mass is 9.95. The van der Waals surface area contributed by atoms with Crippen LogP contribution in [0.4, 0.5) is 5.82 Å². The molecular formula is C23H28N6O2. The summed E-state index contributed by atoms with van der Waals surface area (Å²) in [5, 5.41) is 5.14. The van der Waals surface area contributed by atoms with Gasteiger partial charge in [-0.1, -0.05) is 6.08 Å². The standard InChI is InChI=1S/C23H28N6O2/c1-15-24-18-13-20(29-11-12-31-19(14-29)17-9-10-27(2)26-17)25-22(16-7-5-4-6-8-16)21(18)23(30)28(15)3/h7,9-10,13,19H,4-6,8,11-12,14H2,1-3H3/t19-/m0/s1. The fourth-order valence-corrected chi connectivity index (χ4v) is 4.47. The molecule has 1 aliphatic carbocycles. The number of pyridine rings is 1. The van der Waals surface area contributed by atoms with E-state index in [9.17, 15) is 4.79 Å². The van der Waals surface area contributed by atoms with Crippen molar-refractivity contribution in [1.29, 1.82) is 0 Å². The number of allylic oxidation sites excluding steroid dienone is 2. The number of morpholine rings is 1. The minimum atomic E-state index is -0.108. The van der Waals surface area contributed by atoms with Gasteiger partial charge in [-0.05, 0) is 44.2 Å². The Labute approximate surface area is 181 Å². The SMILES string of the molecule is Cc1nc2cc(N3CCO[C@H](c4ccn(C)n4)C3)nc(C3=CCCCC3)c2c(=O)n1C. The first-order chi connectivity index (χ1) is 15.0. The minimum Gasteiger partial charge on any atom is -0.368 e. The molecule has 8 nitrogen and oxygen atoms in total. The highest BCUT2D eigenvalue weighted by Gasteiger charge is 2.26. The first-order valence-electron chi connectivity index (χ1n) is 10.9. The van der Waals surface area contributed by atoms with Crippen LogP contribution in [0.25, 0.3) is 16.5 Å². The van der Waals surface area contributed by atoms with Crippen LogP contribution in [0.5, 0.6) is 0 Å². The van der Waals surface area contributed by atoms with Crippen LogP contribution >= 0.6 is 0 Å². The van der Waals surface area contributed by atoms with Gasteiger partial charge in [0.2, 0.25) is 0 Å². The van der Waals surface area contributed by atoms with Gasteiger partial charge in [-0.2, -0.15) is 5.10 Å². The molecule has 0 saturated carbocycles. The Bertz CT molecular complexity index is 1220. The molecule has 0 amide bonds. The van der Waals surface area contributed by atoms with E-state index in [1.165, 1.54) is 6.42 Å². The Kier molecular flexibility index (Phi) is 5.09. The van der Waals surface area contributed by atoms with Crippen LogP contribution in [0, 0.1) is 6.92 Å². The molecule has 3 aromatic rings. The topological polar surface area (TPSA) is 78.1 Å². The molecule has 0 N–H and O–H groups in total. The largest absolute Gasteiger partial charge is 0.368 e. The second-order valence-corrected chi connectivity index (χ2v) is 8.44. The maximum atomic E-state index is 13.2. The number of ether oxygens (including phenoxy) is 1. The van der Waals surface area contributed by atoms with Gasteiger partial charge in [-0.3, -0.25) is 14.0 Å². The Morgan fingerprint density at radius 3 is 2.81 bits per heavy atom. The molecule has 3 aromatic heterocycles. The lowest BCUT2D eigenvalue weighted by Gasteiger charge is -2.33. The van der Waals surface area contributed by atoms with Crippen molar-refractivity contribution in [2.24, 2.45) is 14.1 Å². The van der Waals surface area contributed by atoms with Crippen LogP contribution in [-0.2, 0) is 18.8 Å². The second-order valence-electron chi connectivity index (χ2n) is 8.44. The number of aromatic nitrogens is 5. The molecule has 0 spiro atoms. The summed E-state index contributed by atoms with van der Waals surface area (Å²) in [6, 6.07) is 3.95. The van der Waals surface area contributed by atoms with E-state index in [2.05, 4.69) is 16.1 Å². The maximum Gasteiger partial charge on any atom is 0.263 e. The molecular weight excluding hydrogens is 392 g/mol. The van der Waals surface area contributed by atoms with Gasteiger partial charge >= 0.3 is 0 Å². The van der Waals surface area contributed by atoms with E-state index in [-0.39, 0.29) is 11.7 Å². The third-order valence-corrected chi connectivity index (χ3v) is 6.32. The van der Waals surface area contributed by atoms with Gasteiger partial charge in [0.15, 0.2) is 0 Å². The molecule has 1 atom stereocenters. The monoisotopic (exact) mass is 420 g/mol. The van der Waals surface area contributed by atoms with E-state index in [0.717, 1.165) is 48.6 Å². The van der Waals surface area contributed by atoms with Gasteiger partial charge in [-0.15, -0.1) is 0 Å². The van der Waals surface area contributed by atoms with E-state index in [0.29, 0.717) is 29.9 Å². The molecule has 8 heteroatoms. The second kappa shape index (κ2) is 7.92. The molecule has 162 valence electrons. The molecule has 1 aliphatic heterocycles. The number of aryl methyl sites for hydroxylation is 2. The quantitative estimate of drug-likeness (QED) is 0.648. The van der Waals surface area contributed by atoms with Gasteiger partial charge in [-0.25, -0.2) is 9.97 Å². The predicted molar refractivity (Wildman–Crippen MR) is 120 cm³/mol. The van der Waals surface area contributed by atoms with Crippen molar-refractivity contribution in [2.45, 2.75) is 38.7 Å². The zero-order valence-electron chi connectivity index (χ0n) is 18.3. The fourth-order valence-electron chi connectivity index (χ4n) is 4.47. The summed E-state index contributed by atoms with van der Waals surface area (Å²) in [5.41, 5.74) is 3.56. The molecule has 0 bridgehead atoms. The van der Waals surface area contributed by atoms with Crippen molar-refractivity contribution >= 4 is 22.3 Å². The van der Waals surface area contributed by atoms with Crippen molar-refractivity contribution in [1.82, 2.24) is 24.3 Å². The number of hydrogen-bond acceptors (Lipinski definition) is 6. The van der Waals surface area contributed by atoms with Crippen molar-refractivity contribution in [3.8, 4) is 0 Å². The van der Waals surface area contributed by atoms with Gasteiger partial charge in [0, 0.05) is 32.9 Å². The van der Waals surface area contributed by atoms with E-state index >= 15 is 0 Å². The Morgan fingerprint density at radius 1 is 1.19 bits per heavy atom. The van der Waals surface area contributed by atoms with Crippen molar-refractivity contribution < 1.29 is 4.74 Å². The number of anilines is 1. The number of rotatable bonds is 3. The van der Waals surface area contributed by atoms with E-state index < -0.39 is 0 Å². The molecule has 4 heterocycles. The molecule has 0 aromatic carbocycles. The van der Waals surface area contributed by atoms with Crippen molar-refractivity contribution in [3.05, 3.63) is 52.0 Å². The van der Waals surface area contributed by atoms with Crippen LogP contribution in [0.2, 0.25) is 0 Å². The predicted octanol–water partition coefficient (Wildman–Crippen LogP) is 2.91. The van der Waals surface area contributed by atoms with Gasteiger partial charge in [0.25, 0.3) is 5.56 Å². The van der Waals surface area contributed by atoms with Gasteiger partial charge in [0.1, 0.15) is 17.7 Å². The zero-order chi connectivity index (χ0) is 21.5. The highest BCUT2D eigenvalue weighted by Crippen LogP contribution is 2.32. The summed E-state index contributed by atoms with van der Waals surface area (Å²) in [6.45, 7) is 3.87. The first-order valence-corrected chi connectivity index (χ1v) is 10.9. The zero-order valence-corrected chi connectivity index (χ0v) is 18.3. The molecule has 1 fully saturated rings. The van der Waals surface area contributed by atoms with Crippen LogP contribution < -0.4 is 10.5 Å². The van der Waals surface area contributed by atoms with Crippen molar-refractivity contribution in [3.63, 3.8) is 0 Å². The van der Waals surface area contributed by atoms with Gasteiger partial charge in [0.05, 0.1) is 35.4 Å². The van der Waals surface area contributed by atoms with E-state index in [4.69, 9.17) is 14.7 Å². The normalized spacial score (nSPS) is 19.6. The summed E-state index contributed by atoms with van der Waals surface area (Å²) in [4.78, 5) is 25.2. The summed E-state index contributed by atoms with van der Waals surface area (Å²) < 4.78 is 9.40. The average Bonchev–Trinajstić information content (AvgIpc) is 3.24. The molecule has 31 heavy (non-hydrogen) atoms. The summed E-state index contributed by atoms with van der Waals surface area (Å²) in [6.07, 6.45) is 8.35. The first kappa shape index (κ1) is 19.9. The summed E-state index contributed by atoms with van der Waals surface area (Å²) in [5.74, 6) is 1.55. The molecule has 5 rings (SSSR count). The highest BCUT2D eigenvalue weighted by atomic mass is 16.5. The van der Waals surface area contributed by atoms with E-state index in [1.807, 2.05) is 32.3 Å². The molecule has 0 unspecified atom stereocenters. The maximum absolute atomic E-state index is 13.2. The summed E-state index contributed by atoms with van der Waals surface area (Å²) in [7, 11) is 3.68. The number of fused-ring (bicyclic) bond motifs is 1. The van der Waals surface area contributed by atoms with Crippen molar-refractivity contribution in [2.75, 3.05) is 24.6 Å². The lowest BCUT2D eigenvalue weighted by Crippen LogP contribution is -2.39. The summed E-state index contributed by atoms with van der Waals surface area (Å²) >= 11 is 0. The smallest absolute Gasteiger partial charge is 0.263 e. The number of nitrogens with zero attached hydrogens (tertiary/aromatic N) is 6. The molecule has 0 radical (unpaired) electrons.